The Morgan fingerprint density at radius 2 is 1.15 bits per heavy atom. The number of benzene rings is 2. The summed E-state index contributed by atoms with van der Waals surface area (Å²) in [5.41, 5.74) is 11.1. The first-order chi connectivity index (χ1) is 16.4. The van der Waals surface area contributed by atoms with Crippen LogP contribution in [0.1, 0.15) is 54.9 Å². The molecule has 170 valence electrons. The van der Waals surface area contributed by atoms with Gasteiger partial charge in [-0.1, -0.05) is 74.2 Å². The summed E-state index contributed by atoms with van der Waals surface area (Å²) in [6, 6.07) is 18.1. The number of halogens is 2. The van der Waals surface area contributed by atoms with E-state index in [1.807, 2.05) is 22.7 Å². The number of hydrogen-bond acceptors (Lipinski definition) is 2. The Morgan fingerprint density at radius 3 is 1.53 bits per heavy atom. The van der Waals surface area contributed by atoms with Crippen molar-refractivity contribution in [3.8, 4) is 20.9 Å². The minimum Gasteiger partial charge on any atom is -0.144 e. The molecule has 0 saturated carbocycles. The molecular formula is C30H24Br2S2. The lowest BCUT2D eigenvalue weighted by Gasteiger charge is -2.31. The maximum Gasteiger partial charge on any atom is 0.0343 e. The van der Waals surface area contributed by atoms with Crippen LogP contribution in [0.2, 0.25) is 0 Å². The van der Waals surface area contributed by atoms with Crippen molar-refractivity contribution in [3.63, 3.8) is 0 Å². The molecule has 2 aromatic heterocycles. The molecule has 2 aliphatic rings. The monoisotopic (exact) mass is 606 g/mol. The van der Waals surface area contributed by atoms with E-state index in [1.165, 1.54) is 63.2 Å². The molecule has 2 heterocycles. The highest BCUT2D eigenvalue weighted by atomic mass is 79.9. The van der Waals surface area contributed by atoms with Crippen LogP contribution in [-0.2, 0) is 0 Å². The van der Waals surface area contributed by atoms with Gasteiger partial charge in [-0.15, -0.1) is 22.7 Å². The molecule has 0 aliphatic heterocycles. The van der Waals surface area contributed by atoms with Crippen LogP contribution in [0.4, 0.5) is 0 Å². The van der Waals surface area contributed by atoms with Crippen LogP contribution in [0.5, 0.6) is 0 Å². The van der Waals surface area contributed by atoms with Crippen LogP contribution in [-0.4, -0.2) is 0 Å². The number of thiophene rings is 2. The number of fused-ring (bicyclic) bond motifs is 2. The van der Waals surface area contributed by atoms with Crippen LogP contribution in [0, 0.1) is 5.92 Å². The molecule has 6 rings (SSSR count). The Balaban J connectivity index is 1.44. The lowest BCUT2D eigenvalue weighted by atomic mass is 9.73. The Labute approximate surface area is 226 Å². The van der Waals surface area contributed by atoms with Gasteiger partial charge in [0.1, 0.15) is 0 Å². The van der Waals surface area contributed by atoms with Gasteiger partial charge in [-0.25, -0.2) is 0 Å². The third-order valence-corrected chi connectivity index (χ3v) is 10.5. The Morgan fingerprint density at radius 1 is 0.706 bits per heavy atom. The van der Waals surface area contributed by atoms with Crippen molar-refractivity contribution in [1.29, 1.82) is 0 Å². The topological polar surface area (TPSA) is 0 Å². The summed E-state index contributed by atoms with van der Waals surface area (Å²) in [6.45, 7) is 7.07. The average Bonchev–Trinajstić information content (AvgIpc) is 3.59. The number of rotatable bonds is 4. The predicted octanol–water partition coefficient (Wildman–Crippen LogP) is 11.0. The molecule has 0 radical (unpaired) electrons. The van der Waals surface area contributed by atoms with E-state index in [9.17, 15) is 0 Å². The normalized spacial score (nSPS) is 19.6. The SMILES string of the molecule is CC1=Cc2c(Br)cc(-c3cccs3)cc2C1C(C)C1C(C)=Cc2c(Br)cc(-c3cccs3)cc21. The molecular weight excluding hydrogens is 584 g/mol. The van der Waals surface area contributed by atoms with Gasteiger partial charge in [0.15, 0.2) is 0 Å². The largest absolute Gasteiger partial charge is 0.144 e. The number of hydrogen-bond donors (Lipinski definition) is 0. The van der Waals surface area contributed by atoms with Crippen LogP contribution in [0.3, 0.4) is 0 Å². The van der Waals surface area contributed by atoms with Crippen molar-refractivity contribution in [2.75, 3.05) is 0 Å². The first-order valence-electron chi connectivity index (χ1n) is 11.5. The molecule has 0 N–H and O–H groups in total. The van der Waals surface area contributed by atoms with E-state index >= 15 is 0 Å². The highest BCUT2D eigenvalue weighted by Gasteiger charge is 2.38. The summed E-state index contributed by atoms with van der Waals surface area (Å²) in [6.07, 6.45) is 4.79. The van der Waals surface area contributed by atoms with Crippen molar-refractivity contribution in [2.45, 2.75) is 32.6 Å². The lowest BCUT2D eigenvalue weighted by Crippen LogP contribution is -2.18. The third kappa shape index (κ3) is 3.65. The molecule has 4 aromatic rings. The van der Waals surface area contributed by atoms with Gasteiger partial charge in [0.05, 0.1) is 0 Å². The van der Waals surface area contributed by atoms with E-state index in [0.29, 0.717) is 17.8 Å². The van der Waals surface area contributed by atoms with Gasteiger partial charge in [-0.2, -0.15) is 0 Å². The fraction of sp³-hybridized carbons (Fsp3) is 0.200. The summed E-state index contributed by atoms with van der Waals surface area (Å²) < 4.78 is 2.40. The Kier molecular flexibility index (Phi) is 5.84. The summed E-state index contributed by atoms with van der Waals surface area (Å²) >= 11 is 11.4. The Bertz CT molecular complexity index is 1340. The maximum absolute atomic E-state index is 3.89. The molecule has 2 atom stereocenters. The second-order valence-electron chi connectivity index (χ2n) is 9.47. The molecule has 2 aromatic carbocycles. The van der Waals surface area contributed by atoms with Gasteiger partial charge < -0.3 is 0 Å². The van der Waals surface area contributed by atoms with Gasteiger partial charge in [-0.3, -0.25) is 0 Å². The predicted molar refractivity (Wildman–Crippen MR) is 157 cm³/mol. The van der Waals surface area contributed by atoms with Crippen LogP contribution >= 0.6 is 54.5 Å². The zero-order valence-electron chi connectivity index (χ0n) is 19.2. The summed E-state index contributed by atoms with van der Waals surface area (Å²) in [4.78, 5) is 2.65. The van der Waals surface area contributed by atoms with Crippen LogP contribution in [0.15, 0.2) is 79.4 Å². The van der Waals surface area contributed by atoms with Crippen molar-refractivity contribution in [2.24, 2.45) is 5.92 Å². The summed E-state index contributed by atoms with van der Waals surface area (Å²) in [7, 11) is 0. The zero-order chi connectivity index (χ0) is 23.6. The molecule has 0 spiro atoms. The van der Waals surface area contributed by atoms with E-state index in [0.717, 1.165) is 0 Å². The second-order valence-corrected chi connectivity index (χ2v) is 13.1. The van der Waals surface area contributed by atoms with Gasteiger partial charge in [0.2, 0.25) is 0 Å². The number of allylic oxidation sites excluding steroid dienone is 2. The fourth-order valence-electron chi connectivity index (χ4n) is 5.98. The van der Waals surface area contributed by atoms with E-state index in [4.69, 9.17) is 0 Å². The first kappa shape index (κ1) is 22.7. The van der Waals surface area contributed by atoms with Gasteiger partial charge in [0.25, 0.3) is 0 Å². The molecule has 0 bridgehead atoms. The van der Waals surface area contributed by atoms with E-state index in [1.54, 1.807) is 0 Å². The fourth-order valence-corrected chi connectivity index (χ4v) is 8.59. The third-order valence-electron chi connectivity index (χ3n) is 7.38. The minimum atomic E-state index is 0.398. The zero-order valence-corrected chi connectivity index (χ0v) is 24.0. The smallest absolute Gasteiger partial charge is 0.0343 e. The lowest BCUT2D eigenvalue weighted by molar-refractivity contribution is 0.455. The molecule has 2 unspecified atom stereocenters. The molecule has 0 nitrogen and oxygen atoms in total. The Hall–Kier alpha value is -1.72. The molecule has 34 heavy (non-hydrogen) atoms. The summed E-state index contributed by atoms with van der Waals surface area (Å²) in [5.74, 6) is 1.25. The molecule has 0 amide bonds. The first-order valence-corrected chi connectivity index (χ1v) is 14.9. The van der Waals surface area contributed by atoms with Crippen LogP contribution < -0.4 is 0 Å². The highest BCUT2D eigenvalue weighted by Crippen LogP contribution is 2.54. The maximum atomic E-state index is 3.89. The van der Waals surface area contributed by atoms with Crippen LogP contribution in [0.25, 0.3) is 33.0 Å². The molecule has 4 heteroatoms. The highest BCUT2D eigenvalue weighted by molar-refractivity contribution is 9.10. The molecule has 2 aliphatic carbocycles. The van der Waals surface area contributed by atoms with Crippen molar-refractivity contribution >= 4 is 66.7 Å². The van der Waals surface area contributed by atoms with Gasteiger partial charge in [-0.05, 0) is 100 Å². The second kappa shape index (κ2) is 8.74. The van der Waals surface area contributed by atoms with Crippen molar-refractivity contribution in [1.82, 2.24) is 0 Å². The molecule has 0 fully saturated rings. The minimum absolute atomic E-state index is 0.398. The van der Waals surface area contributed by atoms with Crippen molar-refractivity contribution in [3.05, 3.63) is 102 Å². The van der Waals surface area contributed by atoms with Gasteiger partial charge in [0, 0.05) is 30.5 Å². The van der Waals surface area contributed by atoms with E-state index in [-0.39, 0.29) is 0 Å². The van der Waals surface area contributed by atoms with E-state index < -0.39 is 0 Å². The summed E-state index contributed by atoms with van der Waals surface area (Å²) in [5, 5.41) is 4.32. The quantitative estimate of drug-likeness (QED) is 0.216. The van der Waals surface area contributed by atoms with Gasteiger partial charge >= 0.3 is 0 Å². The standard InChI is InChI=1S/C30H24Br2S2/c1-16-10-21-23(12-19(14-25(21)31)27-6-4-8-33-27)29(16)18(3)30-17(2)11-22-24(30)13-20(15-26(22)32)28-7-5-9-34-28/h4-15,18,29-30H,1-3H3. The molecule has 0 saturated heterocycles. The van der Waals surface area contributed by atoms with E-state index in [2.05, 4.69) is 124 Å². The van der Waals surface area contributed by atoms with Crippen molar-refractivity contribution < 1.29 is 0 Å². The average molecular weight is 608 g/mol.